The molecule has 2 aliphatic rings. The molecule has 0 saturated carbocycles. The highest BCUT2D eigenvalue weighted by Gasteiger charge is 2.12. The van der Waals surface area contributed by atoms with Crippen molar-refractivity contribution < 1.29 is 9.47 Å². The second-order valence-corrected chi connectivity index (χ2v) is 3.12. The van der Waals surface area contributed by atoms with Gasteiger partial charge in [0.1, 0.15) is 0 Å². The van der Waals surface area contributed by atoms with Crippen molar-refractivity contribution in [2.24, 2.45) is 0 Å². The Hall–Kier alpha value is -0.120. The molecule has 0 spiro atoms. The van der Waals surface area contributed by atoms with E-state index in [1.165, 1.54) is 0 Å². The number of morpholine rings is 1. The summed E-state index contributed by atoms with van der Waals surface area (Å²) in [4.78, 5) is 0. The van der Waals surface area contributed by atoms with Gasteiger partial charge in [0.2, 0.25) is 0 Å². The van der Waals surface area contributed by atoms with E-state index in [1.54, 1.807) is 0 Å². The van der Waals surface area contributed by atoms with Crippen LogP contribution in [0.25, 0.3) is 0 Å². The largest absolute Gasteiger partial charge is 0.378 e. The molecule has 0 aromatic carbocycles. The second kappa shape index (κ2) is 4.70. The zero-order valence-electron chi connectivity index (χ0n) is 7.30. The maximum absolute atomic E-state index is 5.23. The Bertz CT molecular complexity index is 95.5. The molecule has 0 aromatic heterocycles. The van der Waals surface area contributed by atoms with E-state index in [0.29, 0.717) is 12.1 Å². The number of hydrogen-bond acceptors (Lipinski definition) is 3. The van der Waals surface area contributed by atoms with Crippen molar-refractivity contribution in [1.82, 2.24) is 5.32 Å². The van der Waals surface area contributed by atoms with Gasteiger partial charge in [-0.1, -0.05) is 0 Å². The van der Waals surface area contributed by atoms with Gasteiger partial charge in [0.05, 0.1) is 26.4 Å². The number of nitrogens with one attached hydrogen (secondary N) is 1. The van der Waals surface area contributed by atoms with E-state index >= 15 is 0 Å². The van der Waals surface area contributed by atoms with Gasteiger partial charge in [-0.05, 0) is 13.8 Å². The highest BCUT2D eigenvalue weighted by atomic mass is 16.6. The molecule has 2 saturated heterocycles. The molecule has 3 nitrogen and oxygen atoms in total. The van der Waals surface area contributed by atoms with Crippen molar-refractivity contribution in [2.45, 2.75) is 25.9 Å². The van der Waals surface area contributed by atoms with Crippen LogP contribution in [0.4, 0.5) is 0 Å². The first-order valence-electron chi connectivity index (χ1n) is 4.20. The molecule has 2 fully saturated rings. The molecule has 2 unspecified atom stereocenters. The Kier molecular flexibility index (Phi) is 3.83. The monoisotopic (exact) mass is 159 g/mol. The minimum atomic E-state index is 0.541. The van der Waals surface area contributed by atoms with Gasteiger partial charge in [-0.3, -0.25) is 0 Å². The highest BCUT2D eigenvalue weighted by Crippen LogP contribution is 1.96. The molecular weight excluding hydrogens is 142 g/mol. The van der Waals surface area contributed by atoms with Crippen LogP contribution in [-0.4, -0.2) is 38.5 Å². The fraction of sp³-hybridized carbons (Fsp3) is 1.00. The molecule has 2 rings (SSSR count). The first-order valence-corrected chi connectivity index (χ1v) is 4.20. The average Bonchev–Trinajstić information content (AvgIpc) is 2.69. The molecule has 11 heavy (non-hydrogen) atoms. The lowest BCUT2D eigenvalue weighted by atomic mass is 10.2. The number of hydrogen-bond donors (Lipinski definition) is 1. The standard InChI is InChI=1S/C6H13NO.C2H4O/c1-5-3-8-4-6(2)7-5;1-2-3-1/h5-7H,3-4H2,1-2H3;1-2H2. The summed E-state index contributed by atoms with van der Waals surface area (Å²) in [5.74, 6) is 0. The van der Waals surface area contributed by atoms with E-state index in [4.69, 9.17) is 4.74 Å². The SMILES string of the molecule is C1CO1.CC1COCC(C)N1. The summed E-state index contributed by atoms with van der Waals surface area (Å²) in [6.45, 7) is 8.00. The van der Waals surface area contributed by atoms with Gasteiger partial charge in [-0.15, -0.1) is 0 Å². The fourth-order valence-corrected chi connectivity index (χ4v) is 1.00. The normalized spacial score (nSPS) is 35.5. The molecule has 0 aliphatic carbocycles. The molecular formula is C8H17NO2. The minimum absolute atomic E-state index is 0.541. The third-order valence-electron chi connectivity index (χ3n) is 1.51. The van der Waals surface area contributed by atoms with E-state index < -0.39 is 0 Å². The molecule has 2 atom stereocenters. The molecule has 2 aliphatic heterocycles. The molecule has 0 amide bonds. The third-order valence-corrected chi connectivity index (χ3v) is 1.51. The highest BCUT2D eigenvalue weighted by molar-refractivity contribution is 4.70. The van der Waals surface area contributed by atoms with Gasteiger partial charge >= 0.3 is 0 Å². The Morgan fingerprint density at radius 3 is 1.64 bits per heavy atom. The van der Waals surface area contributed by atoms with Crippen LogP contribution in [0.2, 0.25) is 0 Å². The van der Waals surface area contributed by atoms with Gasteiger partial charge in [-0.2, -0.15) is 0 Å². The number of epoxide rings is 1. The van der Waals surface area contributed by atoms with Crippen molar-refractivity contribution >= 4 is 0 Å². The Labute approximate surface area is 68.1 Å². The smallest absolute Gasteiger partial charge is 0.0701 e. The van der Waals surface area contributed by atoms with E-state index in [9.17, 15) is 0 Å². The van der Waals surface area contributed by atoms with Crippen LogP contribution in [-0.2, 0) is 9.47 Å². The van der Waals surface area contributed by atoms with Crippen molar-refractivity contribution in [1.29, 1.82) is 0 Å². The van der Waals surface area contributed by atoms with Crippen LogP contribution in [0.15, 0.2) is 0 Å². The van der Waals surface area contributed by atoms with Crippen LogP contribution >= 0.6 is 0 Å². The predicted molar refractivity (Wildman–Crippen MR) is 43.7 cm³/mol. The van der Waals surface area contributed by atoms with Crippen LogP contribution in [0, 0.1) is 0 Å². The summed E-state index contributed by atoms with van der Waals surface area (Å²) in [5, 5.41) is 3.35. The van der Waals surface area contributed by atoms with Crippen LogP contribution in [0.1, 0.15) is 13.8 Å². The lowest BCUT2D eigenvalue weighted by Crippen LogP contribution is -2.45. The van der Waals surface area contributed by atoms with Crippen molar-refractivity contribution in [3.8, 4) is 0 Å². The summed E-state index contributed by atoms with van der Waals surface area (Å²) in [6, 6.07) is 1.08. The maximum Gasteiger partial charge on any atom is 0.0701 e. The Morgan fingerprint density at radius 1 is 1.00 bits per heavy atom. The van der Waals surface area contributed by atoms with Gasteiger partial charge in [-0.25, -0.2) is 0 Å². The van der Waals surface area contributed by atoms with E-state index in [1.807, 2.05) is 0 Å². The first kappa shape index (κ1) is 8.97. The topological polar surface area (TPSA) is 33.8 Å². The zero-order chi connectivity index (χ0) is 8.10. The lowest BCUT2D eigenvalue weighted by Gasteiger charge is -2.25. The zero-order valence-corrected chi connectivity index (χ0v) is 7.30. The lowest BCUT2D eigenvalue weighted by molar-refractivity contribution is 0.0560. The quantitative estimate of drug-likeness (QED) is 0.519. The molecule has 3 heteroatoms. The minimum Gasteiger partial charge on any atom is -0.378 e. The maximum atomic E-state index is 5.23. The van der Waals surface area contributed by atoms with Gasteiger partial charge in [0, 0.05) is 12.1 Å². The van der Waals surface area contributed by atoms with Gasteiger partial charge in [0.15, 0.2) is 0 Å². The predicted octanol–water partition coefficient (Wildman–Crippen LogP) is 0.400. The van der Waals surface area contributed by atoms with E-state index in [-0.39, 0.29) is 0 Å². The summed E-state index contributed by atoms with van der Waals surface area (Å²) < 4.78 is 9.73. The van der Waals surface area contributed by atoms with Crippen LogP contribution in [0.3, 0.4) is 0 Å². The Morgan fingerprint density at radius 2 is 1.45 bits per heavy atom. The molecule has 0 bridgehead atoms. The van der Waals surface area contributed by atoms with E-state index in [0.717, 1.165) is 26.4 Å². The molecule has 66 valence electrons. The van der Waals surface area contributed by atoms with Crippen molar-refractivity contribution in [3.05, 3.63) is 0 Å². The summed E-state index contributed by atoms with van der Waals surface area (Å²) in [5.41, 5.74) is 0. The van der Waals surface area contributed by atoms with E-state index in [2.05, 4.69) is 23.9 Å². The van der Waals surface area contributed by atoms with Crippen LogP contribution < -0.4 is 5.32 Å². The number of rotatable bonds is 0. The molecule has 0 aromatic rings. The molecule has 0 radical (unpaired) electrons. The summed E-state index contributed by atoms with van der Waals surface area (Å²) in [6.07, 6.45) is 0. The van der Waals surface area contributed by atoms with Crippen molar-refractivity contribution in [2.75, 3.05) is 26.4 Å². The Balaban J connectivity index is 0.000000167. The summed E-state index contributed by atoms with van der Waals surface area (Å²) in [7, 11) is 0. The van der Waals surface area contributed by atoms with Gasteiger partial charge in [0.25, 0.3) is 0 Å². The third kappa shape index (κ3) is 5.18. The molecule has 2 heterocycles. The first-order chi connectivity index (χ1) is 5.29. The van der Waals surface area contributed by atoms with Crippen LogP contribution in [0.5, 0.6) is 0 Å². The fourth-order valence-electron chi connectivity index (χ4n) is 1.00. The molecule has 1 N–H and O–H groups in total. The second-order valence-electron chi connectivity index (χ2n) is 3.12. The summed E-state index contributed by atoms with van der Waals surface area (Å²) >= 11 is 0. The average molecular weight is 159 g/mol. The van der Waals surface area contributed by atoms with Gasteiger partial charge < -0.3 is 14.8 Å². The van der Waals surface area contributed by atoms with Crippen molar-refractivity contribution in [3.63, 3.8) is 0 Å². The number of ether oxygens (including phenoxy) is 2.